The highest BCUT2D eigenvalue weighted by molar-refractivity contribution is 4.64. The summed E-state index contributed by atoms with van der Waals surface area (Å²) in [5.74, 6) is 0. The van der Waals surface area contributed by atoms with Crippen molar-refractivity contribution in [2.75, 3.05) is 0 Å². The molecule has 1 rings (SSSR count). The number of H-pyrrole nitrogens is 1. The zero-order chi connectivity index (χ0) is 5.28. The van der Waals surface area contributed by atoms with Gasteiger partial charge in [-0.1, -0.05) is 0 Å². The first kappa shape index (κ1) is 1.12. The van der Waals surface area contributed by atoms with E-state index in [1.165, 1.54) is 6.20 Å². The Labute approximate surface area is 32.7 Å². The first-order valence-corrected chi connectivity index (χ1v) is 1.27. The van der Waals surface area contributed by atoms with Crippen LogP contribution >= 0.6 is 0 Å². The smallest absolute Gasteiger partial charge is 0.104 e. The molecular weight excluding hydrogens is 64.0 g/mol. The summed E-state index contributed by atoms with van der Waals surface area (Å²) in [6.07, 6.45) is 1.53. The maximum absolute atomic E-state index is 6.75. The minimum atomic E-state index is 0.0463. The van der Waals surface area contributed by atoms with Crippen LogP contribution in [0.25, 0.3) is 0 Å². The second-order valence-corrected chi connectivity index (χ2v) is 0.641. The van der Waals surface area contributed by atoms with Gasteiger partial charge in [-0.25, -0.2) is 4.98 Å². The number of hydrogen-bond acceptors (Lipinski definition) is 1. The van der Waals surface area contributed by atoms with Gasteiger partial charge in [0, 0.05) is 12.4 Å². The van der Waals surface area contributed by atoms with Crippen molar-refractivity contribution in [3.8, 4) is 0 Å². The van der Waals surface area contributed by atoms with Crippen LogP contribution in [0.3, 0.4) is 0 Å². The Bertz CT molecular complexity index is 143. The Morgan fingerprint density at radius 1 is 2.00 bits per heavy atom. The van der Waals surface area contributed by atoms with Crippen molar-refractivity contribution in [1.82, 2.24) is 9.97 Å². The molecule has 0 fully saturated rings. The summed E-state index contributed by atoms with van der Waals surface area (Å²) >= 11 is 0. The molecule has 0 spiro atoms. The van der Waals surface area contributed by atoms with Crippen LogP contribution in [0.4, 0.5) is 0 Å². The molecule has 0 aliphatic carbocycles. The lowest BCUT2D eigenvalue weighted by atomic mass is 11.0. The van der Waals surface area contributed by atoms with Gasteiger partial charge in [-0.2, -0.15) is 0 Å². The Hall–Kier alpha value is -0.790. The molecule has 26 valence electrons. The molecular formula is C3H4N2. The molecule has 0 unspecified atom stereocenters. The van der Waals surface area contributed by atoms with Gasteiger partial charge in [-0.05, 0) is 0 Å². The lowest BCUT2D eigenvalue weighted by molar-refractivity contribution is 1.31. The molecule has 0 aliphatic heterocycles. The van der Waals surface area contributed by atoms with Crippen LogP contribution in [0.15, 0.2) is 18.7 Å². The predicted molar refractivity (Wildman–Crippen MR) is 18.6 cm³/mol. The third-order valence-electron chi connectivity index (χ3n) is 0.322. The molecule has 2 heteroatoms. The Morgan fingerprint density at radius 2 is 3.00 bits per heavy atom. The van der Waals surface area contributed by atoms with Gasteiger partial charge in [0.1, 0.15) is 1.37 Å². The van der Waals surface area contributed by atoms with Crippen LogP contribution in [0.2, 0.25) is 0 Å². The van der Waals surface area contributed by atoms with Crippen molar-refractivity contribution in [3.63, 3.8) is 0 Å². The van der Waals surface area contributed by atoms with Crippen LogP contribution in [0.1, 0.15) is 2.74 Å². The van der Waals surface area contributed by atoms with Crippen molar-refractivity contribution in [1.29, 1.82) is 0 Å². The molecule has 0 radical (unpaired) electrons. The number of hydrogen-bond donors (Lipinski definition) is 1. The second-order valence-electron chi connectivity index (χ2n) is 0.641. The molecule has 1 aromatic heterocycles. The predicted octanol–water partition coefficient (Wildman–Crippen LogP) is 0.410. The van der Waals surface area contributed by atoms with Crippen LogP contribution < -0.4 is 0 Å². The van der Waals surface area contributed by atoms with Gasteiger partial charge in [-0.15, -0.1) is 0 Å². The number of aromatic nitrogens is 2. The summed E-state index contributed by atoms with van der Waals surface area (Å²) in [6.45, 7) is 0. The van der Waals surface area contributed by atoms with E-state index in [9.17, 15) is 0 Å². The monoisotopic (exact) mass is 70.1 g/mol. The first-order chi connectivity index (χ1) is 3.29. The molecule has 0 atom stereocenters. The number of imidazole rings is 1. The van der Waals surface area contributed by atoms with Gasteiger partial charge in [0.25, 0.3) is 0 Å². The van der Waals surface area contributed by atoms with Gasteiger partial charge in [-0.3, -0.25) is 0 Å². The number of rotatable bonds is 0. The van der Waals surface area contributed by atoms with Gasteiger partial charge in [0.15, 0.2) is 0 Å². The van der Waals surface area contributed by atoms with Crippen LogP contribution in [0, 0.1) is 0 Å². The second kappa shape index (κ2) is 0.885. The zero-order valence-corrected chi connectivity index (χ0v) is 2.52. The maximum atomic E-state index is 6.75. The van der Waals surface area contributed by atoms with Gasteiger partial charge < -0.3 is 4.98 Å². The van der Waals surface area contributed by atoms with E-state index in [0.29, 0.717) is 0 Å². The molecule has 0 saturated carbocycles. The average molecular weight is 70.1 g/mol. The summed E-state index contributed by atoms with van der Waals surface area (Å²) in [4.78, 5) is 5.83. The molecule has 0 bridgehead atoms. The summed E-state index contributed by atoms with van der Waals surface area (Å²) in [5.41, 5.74) is 0. The normalized spacial score (nSPS) is 13.6. The Kier molecular flexibility index (Phi) is 0.199. The first-order valence-electron chi connectivity index (χ1n) is 2.27. The molecule has 0 aliphatic rings. The minimum absolute atomic E-state index is 0.0463. The van der Waals surface area contributed by atoms with E-state index in [1.54, 1.807) is 0 Å². The zero-order valence-electron chi connectivity index (χ0n) is 4.52. The van der Waals surface area contributed by atoms with Crippen molar-refractivity contribution >= 4 is 0 Å². The molecule has 0 saturated heterocycles. The van der Waals surface area contributed by atoms with E-state index in [4.69, 9.17) is 2.74 Å². The highest BCUT2D eigenvalue weighted by atomic mass is 14.8. The van der Waals surface area contributed by atoms with Gasteiger partial charge in [0.05, 0.1) is 7.67 Å². The maximum Gasteiger partial charge on any atom is 0.104 e. The summed E-state index contributed by atoms with van der Waals surface area (Å²) < 4.78 is 13.5. The summed E-state index contributed by atoms with van der Waals surface area (Å²) in [7, 11) is 0. The van der Waals surface area contributed by atoms with Crippen LogP contribution in [0.5, 0.6) is 0 Å². The molecule has 0 aromatic carbocycles. The molecule has 1 heterocycles. The Balaban J connectivity index is 3.04. The average Bonchev–Trinajstić information content (AvgIpc) is 1.87. The molecule has 5 heavy (non-hydrogen) atoms. The van der Waals surface area contributed by atoms with E-state index in [-0.39, 0.29) is 12.5 Å². The topological polar surface area (TPSA) is 28.7 Å². The fraction of sp³-hybridized carbons (Fsp3) is 0. The molecule has 0 amide bonds. The summed E-state index contributed by atoms with van der Waals surface area (Å²) in [5, 5.41) is 0. The largest absolute Gasteiger partial charge is 0.351 e. The molecule has 1 aromatic rings. The minimum Gasteiger partial charge on any atom is -0.351 e. The van der Waals surface area contributed by atoms with Crippen LogP contribution in [-0.2, 0) is 0 Å². The highest BCUT2D eigenvalue weighted by Crippen LogP contribution is 1.62. The van der Waals surface area contributed by atoms with Gasteiger partial charge >= 0.3 is 0 Å². The molecule has 2 nitrogen and oxygen atoms in total. The van der Waals surface area contributed by atoms with Crippen molar-refractivity contribution in [2.45, 2.75) is 0 Å². The van der Waals surface area contributed by atoms with E-state index >= 15 is 0 Å². The number of aromatic amines is 1. The van der Waals surface area contributed by atoms with Crippen molar-refractivity contribution in [3.05, 3.63) is 18.7 Å². The standard InChI is InChI=1S/C3H4N2/c1-2-5-3-4-1/h1-3H,(H,4,5)/i1D,3D. The van der Waals surface area contributed by atoms with Crippen molar-refractivity contribution in [2.24, 2.45) is 0 Å². The Morgan fingerprint density at radius 3 is 3.20 bits per heavy atom. The van der Waals surface area contributed by atoms with E-state index < -0.39 is 0 Å². The quantitative estimate of drug-likeness (QED) is 0.470. The highest BCUT2D eigenvalue weighted by Gasteiger charge is 1.56. The fourth-order valence-electron chi connectivity index (χ4n) is 0.161. The third kappa shape index (κ3) is 0.265. The van der Waals surface area contributed by atoms with E-state index in [1.807, 2.05) is 0 Å². The van der Waals surface area contributed by atoms with E-state index in [0.717, 1.165) is 0 Å². The number of nitrogens with zero attached hydrogens (tertiary/aromatic N) is 1. The van der Waals surface area contributed by atoms with Crippen molar-refractivity contribution < 1.29 is 2.74 Å². The lowest BCUT2D eigenvalue weighted by Crippen LogP contribution is -1.44. The SMILES string of the molecule is [2H]c1c[nH]c([2H])n1. The summed E-state index contributed by atoms with van der Waals surface area (Å²) in [6, 6.07) is 0. The number of nitrogens with one attached hydrogen (secondary N) is 1. The fourth-order valence-corrected chi connectivity index (χ4v) is 0.161. The van der Waals surface area contributed by atoms with E-state index in [2.05, 4.69) is 9.97 Å². The lowest BCUT2D eigenvalue weighted by Gasteiger charge is -1.46. The van der Waals surface area contributed by atoms with Gasteiger partial charge in [0.2, 0.25) is 0 Å². The van der Waals surface area contributed by atoms with Crippen LogP contribution in [-0.4, -0.2) is 9.97 Å². The molecule has 1 N–H and O–H groups in total. The third-order valence-corrected chi connectivity index (χ3v) is 0.322.